The molecule has 4 N–H and O–H groups in total. The van der Waals surface area contributed by atoms with Crippen molar-refractivity contribution < 1.29 is 17.9 Å². The molecule has 1 heterocycles. The van der Waals surface area contributed by atoms with Crippen LogP contribution in [0.1, 0.15) is 36.0 Å². The smallest absolute Gasteiger partial charge is 0.251 e. The van der Waals surface area contributed by atoms with Crippen molar-refractivity contribution >= 4 is 28.3 Å². The van der Waals surface area contributed by atoms with E-state index in [2.05, 4.69) is 10.0 Å². The number of amides is 1. The second-order valence-corrected chi connectivity index (χ2v) is 8.43. The summed E-state index contributed by atoms with van der Waals surface area (Å²) in [5.41, 5.74) is 6.12. The minimum absolute atomic E-state index is 0. The number of halogens is 1. The van der Waals surface area contributed by atoms with Crippen LogP contribution in [0.5, 0.6) is 0 Å². The Morgan fingerprint density at radius 3 is 2.46 bits per heavy atom. The fourth-order valence-corrected chi connectivity index (χ4v) is 4.06. The summed E-state index contributed by atoms with van der Waals surface area (Å²) >= 11 is 0. The van der Waals surface area contributed by atoms with Gasteiger partial charge in [0.25, 0.3) is 5.91 Å². The normalized spacial score (nSPS) is 21.0. The molecule has 2 unspecified atom stereocenters. The van der Waals surface area contributed by atoms with Crippen LogP contribution in [0.4, 0.5) is 0 Å². The van der Waals surface area contributed by atoms with E-state index in [1.165, 1.54) is 24.3 Å². The Balaban J connectivity index is 0.00000243. The quantitative estimate of drug-likeness (QED) is 0.600. The lowest BCUT2D eigenvalue weighted by atomic mass is 10.1. The SMILES string of the molecule is Cl.NCC(NC(=O)c1ccc(S(=O)(=O)NCC2CCCO2)cc1)C1CC1. The molecule has 1 aliphatic heterocycles. The topological polar surface area (TPSA) is 111 Å². The van der Waals surface area contributed by atoms with Crippen LogP contribution in [-0.2, 0) is 14.8 Å². The van der Waals surface area contributed by atoms with Crippen molar-refractivity contribution in [3.63, 3.8) is 0 Å². The number of nitrogens with one attached hydrogen (secondary N) is 2. The molecule has 2 aliphatic rings. The van der Waals surface area contributed by atoms with Crippen molar-refractivity contribution in [3.05, 3.63) is 29.8 Å². The summed E-state index contributed by atoms with van der Waals surface area (Å²) in [6.45, 7) is 1.36. The third kappa shape index (κ3) is 5.40. The van der Waals surface area contributed by atoms with Gasteiger partial charge in [-0.1, -0.05) is 0 Å². The number of hydrogen-bond donors (Lipinski definition) is 3. The summed E-state index contributed by atoms with van der Waals surface area (Å²) in [4.78, 5) is 12.4. The fraction of sp³-hybridized carbons (Fsp3) is 0.588. The van der Waals surface area contributed by atoms with Gasteiger partial charge in [0, 0.05) is 31.3 Å². The predicted octanol–water partition coefficient (Wildman–Crippen LogP) is 1.03. The lowest BCUT2D eigenvalue weighted by Gasteiger charge is -2.16. The van der Waals surface area contributed by atoms with Crippen LogP contribution in [0.3, 0.4) is 0 Å². The van der Waals surface area contributed by atoms with Crippen molar-refractivity contribution in [3.8, 4) is 0 Å². The Morgan fingerprint density at radius 2 is 1.92 bits per heavy atom. The van der Waals surface area contributed by atoms with Crippen molar-refractivity contribution in [1.82, 2.24) is 10.0 Å². The van der Waals surface area contributed by atoms with Crippen molar-refractivity contribution in [2.75, 3.05) is 19.7 Å². The highest BCUT2D eigenvalue weighted by atomic mass is 35.5. The summed E-state index contributed by atoms with van der Waals surface area (Å²) in [5.74, 6) is 0.245. The zero-order chi connectivity index (χ0) is 17.9. The van der Waals surface area contributed by atoms with Gasteiger partial charge in [0.2, 0.25) is 10.0 Å². The number of sulfonamides is 1. The highest BCUT2D eigenvalue weighted by Gasteiger charge is 2.31. The predicted molar refractivity (Wildman–Crippen MR) is 101 cm³/mol. The van der Waals surface area contributed by atoms with E-state index in [0.29, 0.717) is 24.6 Å². The summed E-state index contributed by atoms with van der Waals surface area (Å²) in [7, 11) is -3.60. The van der Waals surface area contributed by atoms with Gasteiger partial charge in [-0.25, -0.2) is 13.1 Å². The van der Waals surface area contributed by atoms with Crippen LogP contribution >= 0.6 is 12.4 Å². The zero-order valence-electron chi connectivity index (χ0n) is 14.5. The summed E-state index contributed by atoms with van der Waals surface area (Å²) in [5, 5.41) is 2.92. The van der Waals surface area contributed by atoms with E-state index in [1.54, 1.807) is 0 Å². The second-order valence-electron chi connectivity index (χ2n) is 6.66. The summed E-state index contributed by atoms with van der Waals surface area (Å²) in [6, 6.07) is 5.93. The molecule has 1 saturated carbocycles. The third-order valence-electron chi connectivity index (χ3n) is 4.71. The number of carbonyl (C=O) groups excluding carboxylic acids is 1. The van der Waals surface area contributed by atoms with Gasteiger partial charge in [-0.2, -0.15) is 0 Å². The fourth-order valence-electron chi connectivity index (χ4n) is 3.00. The van der Waals surface area contributed by atoms with Gasteiger partial charge in [0.15, 0.2) is 0 Å². The molecule has 0 bridgehead atoms. The van der Waals surface area contributed by atoms with E-state index in [4.69, 9.17) is 10.5 Å². The van der Waals surface area contributed by atoms with E-state index in [1.807, 2.05) is 0 Å². The largest absolute Gasteiger partial charge is 0.377 e. The van der Waals surface area contributed by atoms with Gasteiger partial charge >= 0.3 is 0 Å². The van der Waals surface area contributed by atoms with Crippen LogP contribution < -0.4 is 15.8 Å². The first-order chi connectivity index (χ1) is 12.0. The van der Waals surface area contributed by atoms with Crippen molar-refractivity contribution in [2.24, 2.45) is 11.7 Å². The number of rotatable bonds is 8. The number of hydrogen-bond acceptors (Lipinski definition) is 5. The first kappa shape index (κ1) is 21.1. The lowest BCUT2D eigenvalue weighted by molar-refractivity contribution is 0.0933. The minimum atomic E-state index is -3.60. The maximum absolute atomic E-state index is 12.3. The Bertz CT molecular complexity index is 701. The van der Waals surface area contributed by atoms with E-state index in [0.717, 1.165) is 25.7 Å². The van der Waals surface area contributed by atoms with Crippen LogP contribution in [0, 0.1) is 5.92 Å². The molecular weight excluding hydrogens is 378 g/mol. The molecule has 9 heteroatoms. The van der Waals surface area contributed by atoms with Gasteiger partial charge in [0.05, 0.1) is 11.0 Å². The second kappa shape index (κ2) is 9.14. The number of carbonyl (C=O) groups is 1. The molecule has 3 rings (SSSR count). The number of ether oxygens (including phenoxy) is 1. The maximum atomic E-state index is 12.3. The molecule has 2 atom stereocenters. The Hall–Kier alpha value is -1.19. The van der Waals surface area contributed by atoms with Gasteiger partial charge in [-0.3, -0.25) is 4.79 Å². The van der Waals surface area contributed by atoms with E-state index in [9.17, 15) is 13.2 Å². The molecule has 1 saturated heterocycles. The molecule has 1 amide bonds. The van der Waals surface area contributed by atoms with Gasteiger partial charge < -0.3 is 15.8 Å². The van der Waals surface area contributed by atoms with Crippen LogP contribution in [-0.4, -0.2) is 46.2 Å². The van der Waals surface area contributed by atoms with E-state index < -0.39 is 10.0 Å². The lowest BCUT2D eigenvalue weighted by Crippen LogP contribution is -2.41. The molecule has 0 radical (unpaired) electrons. The van der Waals surface area contributed by atoms with Crippen molar-refractivity contribution in [1.29, 1.82) is 0 Å². The monoisotopic (exact) mass is 403 g/mol. The Morgan fingerprint density at radius 1 is 1.23 bits per heavy atom. The standard InChI is InChI=1S/C17H25N3O4S.ClH/c18-10-16(12-3-4-12)20-17(21)13-5-7-15(8-6-13)25(22,23)19-11-14-2-1-9-24-14;/h5-8,12,14,16,19H,1-4,9-11,18H2,(H,20,21);1H. The summed E-state index contributed by atoms with van der Waals surface area (Å²) in [6.07, 6.45) is 3.95. The minimum Gasteiger partial charge on any atom is -0.377 e. The maximum Gasteiger partial charge on any atom is 0.251 e. The van der Waals surface area contributed by atoms with E-state index >= 15 is 0 Å². The molecule has 1 aromatic carbocycles. The molecule has 0 aromatic heterocycles. The van der Waals surface area contributed by atoms with Gasteiger partial charge in [-0.15, -0.1) is 12.4 Å². The molecule has 2 fully saturated rings. The Labute approximate surface area is 160 Å². The first-order valence-electron chi connectivity index (χ1n) is 8.72. The highest BCUT2D eigenvalue weighted by molar-refractivity contribution is 7.89. The number of benzene rings is 1. The molecule has 1 aliphatic carbocycles. The van der Waals surface area contributed by atoms with Crippen LogP contribution in [0.15, 0.2) is 29.2 Å². The molecule has 146 valence electrons. The zero-order valence-corrected chi connectivity index (χ0v) is 16.2. The molecule has 1 aromatic rings. The van der Waals surface area contributed by atoms with Gasteiger partial charge in [-0.05, 0) is 55.9 Å². The highest BCUT2D eigenvalue weighted by Crippen LogP contribution is 2.32. The Kier molecular flexibility index (Phi) is 7.42. The van der Waals surface area contributed by atoms with Gasteiger partial charge in [0.1, 0.15) is 0 Å². The van der Waals surface area contributed by atoms with Crippen LogP contribution in [0.25, 0.3) is 0 Å². The third-order valence-corrected chi connectivity index (χ3v) is 6.15. The molecule has 7 nitrogen and oxygen atoms in total. The molecule has 26 heavy (non-hydrogen) atoms. The van der Waals surface area contributed by atoms with E-state index in [-0.39, 0.29) is 41.9 Å². The average Bonchev–Trinajstić information content (AvgIpc) is 3.32. The summed E-state index contributed by atoms with van der Waals surface area (Å²) < 4.78 is 32.6. The molecular formula is C17H26ClN3O4S. The molecule has 0 spiro atoms. The van der Waals surface area contributed by atoms with Crippen LogP contribution in [0.2, 0.25) is 0 Å². The van der Waals surface area contributed by atoms with Crippen molar-refractivity contribution in [2.45, 2.75) is 42.7 Å². The number of nitrogens with two attached hydrogens (primary N) is 1. The average molecular weight is 404 g/mol. The first-order valence-corrected chi connectivity index (χ1v) is 10.2.